The maximum atomic E-state index is 14.0. The first-order valence-electron chi connectivity index (χ1n) is 8.82. The molecule has 6 nitrogen and oxygen atoms in total. The molecule has 9 heteroatoms. The molecule has 2 bridgehead atoms. The molecule has 4 unspecified atom stereocenters. The summed E-state index contributed by atoms with van der Waals surface area (Å²) in [6, 6.07) is -0.581. The number of halogens is 1. The summed E-state index contributed by atoms with van der Waals surface area (Å²) >= 11 is -0.357. The second-order valence-corrected chi connectivity index (χ2v) is 11.0. The van der Waals surface area contributed by atoms with Crippen molar-refractivity contribution in [1.29, 1.82) is 0 Å². The Morgan fingerprint density at radius 2 is 1.88 bits per heavy atom. The summed E-state index contributed by atoms with van der Waals surface area (Å²) in [7, 11) is 0. The predicted molar refractivity (Wildman–Crippen MR) is 102 cm³/mol. The number of alkyl halides is 1. The zero-order valence-electron chi connectivity index (χ0n) is 15.5. The largest absolute Gasteiger partial charge is 0.598 e. The first-order chi connectivity index (χ1) is 12.0. The average Bonchev–Trinajstić information content (AvgIpc) is 2.57. The van der Waals surface area contributed by atoms with E-state index in [1.165, 1.54) is 0 Å². The van der Waals surface area contributed by atoms with Gasteiger partial charge in [0, 0.05) is 17.1 Å². The fourth-order valence-electron chi connectivity index (χ4n) is 2.91. The number of aliphatic hydroxyl groups is 3. The van der Waals surface area contributed by atoms with Gasteiger partial charge in [-0.1, -0.05) is 19.1 Å². The number of hydrogen-bond acceptors (Lipinski definition) is 7. The SMILES string of the molecule is C[C@@H]1/C=C\CC(F)CSC2O[C@H]([C@@H]1N[S+]([O-])C(C)(C)C)[C@@H](O)C(O)[C@H]2O. The Hall–Kier alpha value is 0.130. The number of rotatable bonds is 2. The number of hydrogen-bond donors (Lipinski definition) is 4. The van der Waals surface area contributed by atoms with Gasteiger partial charge in [-0.2, -0.15) is 0 Å². The molecule has 9 atom stereocenters. The average molecular weight is 412 g/mol. The van der Waals surface area contributed by atoms with Crippen molar-refractivity contribution in [2.24, 2.45) is 5.92 Å². The highest BCUT2D eigenvalue weighted by atomic mass is 32.2. The lowest BCUT2D eigenvalue weighted by atomic mass is 9.88. The minimum Gasteiger partial charge on any atom is -0.598 e. The summed E-state index contributed by atoms with van der Waals surface area (Å²) in [6.07, 6.45) is -2.32. The van der Waals surface area contributed by atoms with Gasteiger partial charge in [0.25, 0.3) is 0 Å². The van der Waals surface area contributed by atoms with Gasteiger partial charge in [-0.3, -0.25) is 0 Å². The minimum absolute atomic E-state index is 0.113. The summed E-state index contributed by atoms with van der Waals surface area (Å²) < 4.78 is 35.0. The first-order valence-corrected chi connectivity index (χ1v) is 11.0. The monoisotopic (exact) mass is 411 g/mol. The van der Waals surface area contributed by atoms with Crippen molar-refractivity contribution in [3.8, 4) is 0 Å². The lowest BCUT2D eigenvalue weighted by Gasteiger charge is -2.44. The number of thioether (sulfide) groups is 1. The Labute approximate surface area is 161 Å². The molecule has 2 aliphatic heterocycles. The zero-order valence-corrected chi connectivity index (χ0v) is 17.2. The van der Waals surface area contributed by atoms with Crippen molar-refractivity contribution in [3.63, 3.8) is 0 Å². The number of ether oxygens (including phenoxy) is 1. The van der Waals surface area contributed by atoms with Crippen LogP contribution in [0.4, 0.5) is 4.39 Å². The molecule has 2 heterocycles. The second-order valence-electron chi connectivity index (χ2n) is 7.92. The van der Waals surface area contributed by atoms with Crippen LogP contribution in [0.15, 0.2) is 12.2 Å². The maximum Gasteiger partial charge on any atom is 0.136 e. The number of allylic oxidation sites excluding steroid dienone is 1. The van der Waals surface area contributed by atoms with E-state index in [2.05, 4.69) is 4.72 Å². The smallest absolute Gasteiger partial charge is 0.136 e. The van der Waals surface area contributed by atoms with E-state index in [0.717, 1.165) is 11.8 Å². The van der Waals surface area contributed by atoms with E-state index in [9.17, 15) is 24.3 Å². The fraction of sp³-hybridized carbons (Fsp3) is 0.882. The number of fused-ring (bicyclic) bond motifs is 2. The van der Waals surface area contributed by atoms with E-state index < -0.39 is 58.2 Å². The predicted octanol–water partition coefficient (Wildman–Crippen LogP) is 0.882. The molecule has 1 fully saturated rings. The third kappa shape index (κ3) is 5.35. The Morgan fingerprint density at radius 3 is 2.50 bits per heavy atom. The van der Waals surface area contributed by atoms with Crippen LogP contribution in [0.1, 0.15) is 34.1 Å². The van der Waals surface area contributed by atoms with Gasteiger partial charge in [-0.15, -0.1) is 16.5 Å². The van der Waals surface area contributed by atoms with Crippen LogP contribution in [0.25, 0.3) is 0 Å². The van der Waals surface area contributed by atoms with E-state index in [4.69, 9.17) is 4.74 Å². The molecule has 0 aromatic heterocycles. The van der Waals surface area contributed by atoms with Crippen LogP contribution in [0.2, 0.25) is 0 Å². The first kappa shape index (κ1) is 22.4. The molecular weight excluding hydrogens is 381 g/mol. The highest BCUT2D eigenvalue weighted by molar-refractivity contribution is 7.99. The molecule has 0 radical (unpaired) electrons. The molecule has 0 aliphatic carbocycles. The van der Waals surface area contributed by atoms with Crippen LogP contribution < -0.4 is 4.72 Å². The van der Waals surface area contributed by atoms with Crippen molar-refractivity contribution in [2.75, 3.05) is 5.75 Å². The molecule has 152 valence electrons. The molecule has 2 aliphatic rings. The van der Waals surface area contributed by atoms with Crippen LogP contribution in [0.3, 0.4) is 0 Å². The van der Waals surface area contributed by atoms with Gasteiger partial charge in [0.05, 0.1) is 6.04 Å². The standard InChI is InChI=1S/C17H30FNO5S2/c1-9-6-5-7-10(18)8-25-16-14(22)12(20)13(21)15(24-16)11(9)19-26(23)17(2,3)4/h5-6,9-16,19-22H,7-8H2,1-4H3/b6-5-/t9-,10?,11-,12?,13+,14-,15-,16?,26?/m1/s1. The lowest BCUT2D eigenvalue weighted by molar-refractivity contribution is -0.205. The van der Waals surface area contributed by atoms with Gasteiger partial charge < -0.3 is 24.6 Å². The molecule has 0 saturated carbocycles. The Kier molecular flexibility index (Phi) is 7.83. The van der Waals surface area contributed by atoms with Crippen molar-refractivity contribution in [3.05, 3.63) is 12.2 Å². The lowest BCUT2D eigenvalue weighted by Crippen LogP contribution is -2.64. The molecule has 0 aromatic rings. The third-order valence-corrected chi connectivity index (χ3v) is 7.47. The molecule has 2 rings (SSSR count). The van der Waals surface area contributed by atoms with Gasteiger partial charge >= 0.3 is 0 Å². The zero-order chi connectivity index (χ0) is 19.6. The molecule has 1 saturated heterocycles. The molecule has 26 heavy (non-hydrogen) atoms. The highest BCUT2D eigenvalue weighted by Crippen LogP contribution is 2.34. The van der Waals surface area contributed by atoms with Crippen LogP contribution in [-0.4, -0.2) is 72.4 Å². The third-order valence-electron chi connectivity index (χ3n) is 4.60. The normalized spacial score (nSPS) is 44.8. The van der Waals surface area contributed by atoms with Crippen molar-refractivity contribution in [1.82, 2.24) is 4.72 Å². The Morgan fingerprint density at radius 1 is 1.23 bits per heavy atom. The van der Waals surface area contributed by atoms with E-state index in [1.807, 2.05) is 33.8 Å². The topological polar surface area (TPSA) is 105 Å². The van der Waals surface area contributed by atoms with Crippen LogP contribution in [0.5, 0.6) is 0 Å². The van der Waals surface area contributed by atoms with Gasteiger partial charge in [0.15, 0.2) is 0 Å². The van der Waals surface area contributed by atoms with Gasteiger partial charge in [0.1, 0.15) is 40.8 Å². The van der Waals surface area contributed by atoms with Gasteiger partial charge in [-0.05, 0) is 33.1 Å². The van der Waals surface area contributed by atoms with E-state index >= 15 is 0 Å². The second kappa shape index (κ2) is 9.09. The fourth-order valence-corrected chi connectivity index (χ4v) is 4.96. The number of nitrogens with one attached hydrogen (secondary N) is 1. The van der Waals surface area contributed by atoms with Crippen molar-refractivity contribution < 1.29 is 29.0 Å². The van der Waals surface area contributed by atoms with Crippen molar-refractivity contribution >= 4 is 23.1 Å². The Bertz CT molecular complexity index is 492. The van der Waals surface area contributed by atoms with Gasteiger partial charge in [-0.25, -0.2) is 4.39 Å². The highest BCUT2D eigenvalue weighted by Gasteiger charge is 2.49. The molecule has 0 aromatic carbocycles. The summed E-state index contributed by atoms with van der Waals surface area (Å²) in [6.45, 7) is 7.33. The summed E-state index contributed by atoms with van der Waals surface area (Å²) in [4.78, 5) is 0. The Balaban J connectivity index is 2.33. The van der Waals surface area contributed by atoms with E-state index in [1.54, 1.807) is 6.08 Å². The molecule has 4 N–H and O–H groups in total. The number of aliphatic hydroxyl groups excluding tert-OH is 3. The summed E-state index contributed by atoms with van der Waals surface area (Å²) in [5.74, 6) is -0.124. The van der Waals surface area contributed by atoms with Crippen LogP contribution in [0, 0.1) is 5.92 Å². The molecular formula is C17H30FNO5S2. The van der Waals surface area contributed by atoms with E-state index in [-0.39, 0.29) is 18.1 Å². The molecule has 0 amide bonds. The van der Waals surface area contributed by atoms with Gasteiger partial charge in [0.2, 0.25) is 0 Å². The summed E-state index contributed by atoms with van der Waals surface area (Å²) in [5, 5.41) is 30.9. The molecule has 0 spiro atoms. The quantitative estimate of drug-likeness (QED) is 0.395. The van der Waals surface area contributed by atoms with Crippen LogP contribution in [-0.2, 0) is 16.1 Å². The van der Waals surface area contributed by atoms with E-state index in [0.29, 0.717) is 0 Å². The summed E-state index contributed by atoms with van der Waals surface area (Å²) in [5.41, 5.74) is -0.866. The van der Waals surface area contributed by atoms with Crippen LogP contribution >= 0.6 is 11.8 Å². The minimum atomic E-state index is -1.43. The van der Waals surface area contributed by atoms with Crippen molar-refractivity contribution in [2.45, 2.75) is 80.9 Å². The maximum absolute atomic E-state index is 14.0.